The maximum atomic E-state index is 3.80. The van der Waals surface area contributed by atoms with Crippen LogP contribution in [0.5, 0.6) is 0 Å². The molecule has 79 valence electrons. The number of allylic oxidation sites excluding steroid dienone is 6. The van der Waals surface area contributed by atoms with Crippen LogP contribution in [0.1, 0.15) is 45.4 Å². The molecule has 0 spiro atoms. The van der Waals surface area contributed by atoms with Gasteiger partial charge in [-0.25, -0.2) is 0 Å². The van der Waals surface area contributed by atoms with Crippen LogP contribution in [0.4, 0.5) is 0 Å². The molecule has 0 aromatic rings. The molecule has 0 aliphatic heterocycles. The smallest absolute Gasteiger partial charge is 0.0348 e. The molecule has 0 fully saturated rings. The molecule has 0 aliphatic rings. The minimum absolute atomic E-state index is 1.03. The van der Waals surface area contributed by atoms with E-state index in [9.17, 15) is 0 Å². The third-order valence-electron chi connectivity index (χ3n) is 1.95. The highest BCUT2D eigenvalue weighted by atomic mass is 13.8. The molecule has 0 amide bonds. The van der Waals surface area contributed by atoms with Gasteiger partial charge >= 0.3 is 0 Å². The highest BCUT2D eigenvalue weighted by molar-refractivity contribution is 5.10. The van der Waals surface area contributed by atoms with Crippen LogP contribution in [0, 0.1) is 6.92 Å². The first-order valence-electron chi connectivity index (χ1n) is 5.69. The van der Waals surface area contributed by atoms with E-state index < -0.39 is 0 Å². The molecule has 0 atom stereocenters. The second-order valence-corrected chi connectivity index (χ2v) is 3.38. The lowest BCUT2D eigenvalue weighted by Gasteiger charge is -1.86. The molecular formula is C14H23. The second kappa shape index (κ2) is 12.2. The van der Waals surface area contributed by atoms with Crippen LogP contribution in [0.3, 0.4) is 0 Å². The van der Waals surface area contributed by atoms with Crippen molar-refractivity contribution in [3.8, 4) is 0 Å². The Hall–Kier alpha value is -0.780. The average molecular weight is 191 g/mol. The van der Waals surface area contributed by atoms with E-state index in [0.29, 0.717) is 0 Å². The predicted octanol–water partition coefficient (Wildman–Crippen LogP) is 4.85. The van der Waals surface area contributed by atoms with Crippen LogP contribution < -0.4 is 0 Å². The molecule has 1 radical (unpaired) electrons. The van der Waals surface area contributed by atoms with Gasteiger partial charge < -0.3 is 0 Å². The molecular weight excluding hydrogens is 168 g/mol. The van der Waals surface area contributed by atoms with Crippen molar-refractivity contribution < 1.29 is 0 Å². The van der Waals surface area contributed by atoms with Crippen molar-refractivity contribution in [1.82, 2.24) is 0 Å². The number of hydrogen-bond acceptors (Lipinski definition) is 0. The van der Waals surface area contributed by atoms with Gasteiger partial charge in [-0.15, -0.1) is 0 Å². The van der Waals surface area contributed by atoms with Crippen molar-refractivity contribution in [2.75, 3.05) is 0 Å². The molecule has 0 saturated carbocycles. The summed E-state index contributed by atoms with van der Waals surface area (Å²) in [6, 6.07) is 0. The van der Waals surface area contributed by atoms with Gasteiger partial charge in [-0.05, 0) is 19.3 Å². The first-order chi connectivity index (χ1) is 6.91. The SMILES string of the molecule is [CH2]CCC/C=C/C=C/C=C/CCCC. The molecule has 0 heterocycles. The van der Waals surface area contributed by atoms with E-state index in [2.05, 4.69) is 50.3 Å². The summed E-state index contributed by atoms with van der Waals surface area (Å²) in [5.41, 5.74) is 0. The Morgan fingerprint density at radius 1 is 0.857 bits per heavy atom. The van der Waals surface area contributed by atoms with Gasteiger partial charge in [0.2, 0.25) is 0 Å². The summed E-state index contributed by atoms with van der Waals surface area (Å²) in [4.78, 5) is 0. The Morgan fingerprint density at radius 3 is 1.93 bits per heavy atom. The first kappa shape index (κ1) is 13.2. The van der Waals surface area contributed by atoms with Gasteiger partial charge in [0.15, 0.2) is 0 Å². The Bertz CT molecular complexity index is 152. The molecule has 14 heavy (non-hydrogen) atoms. The molecule has 0 heteroatoms. The summed E-state index contributed by atoms with van der Waals surface area (Å²) in [5, 5.41) is 0. The maximum Gasteiger partial charge on any atom is -0.0348 e. The van der Waals surface area contributed by atoms with E-state index in [4.69, 9.17) is 0 Å². The first-order valence-corrected chi connectivity index (χ1v) is 5.69. The van der Waals surface area contributed by atoms with Gasteiger partial charge in [0, 0.05) is 0 Å². The van der Waals surface area contributed by atoms with E-state index >= 15 is 0 Å². The summed E-state index contributed by atoms with van der Waals surface area (Å²) in [6.07, 6.45) is 20.0. The van der Waals surface area contributed by atoms with E-state index in [-0.39, 0.29) is 0 Å². The molecule has 0 bridgehead atoms. The van der Waals surface area contributed by atoms with Crippen LogP contribution >= 0.6 is 0 Å². The van der Waals surface area contributed by atoms with Crippen molar-refractivity contribution in [1.29, 1.82) is 0 Å². The van der Waals surface area contributed by atoms with Crippen LogP contribution in [0.25, 0.3) is 0 Å². The van der Waals surface area contributed by atoms with Crippen molar-refractivity contribution in [3.63, 3.8) is 0 Å². The quantitative estimate of drug-likeness (QED) is 0.380. The van der Waals surface area contributed by atoms with E-state index in [0.717, 1.165) is 12.8 Å². The third kappa shape index (κ3) is 11.2. The zero-order valence-corrected chi connectivity index (χ0v) is 9.41. The minimum atomic E-state index is 1.03. The zero-order chi connectivity index (χ0) is 10.5. The van der Waals surface area contributed by atoms with Gasteiger partial charge in [-0.2, -0.15) is 0 Å². The predicted molar refractivity (Wildman–Crippen MR) is 66.2 cm³/mol. The average Bonchev–Trinajstić information content (AvgIpc) is 2.21. The molecule has 0 aliphatic carbocycles. The molecule has 0 aromatic heterocycles. The highest BCUT2D eigenvalue weighted by Gasteiger charge is 1.76. The van der Waals surface area contributed by atoms with Gasteiger partial charge in [0.1, 0.15) is 0 Å². The lowest BCUT2D eigenvalue weighted by Crippen LogP contribution is -1.66. The fourth-order valence-electron chi connectivity index (χ4n) is 1.06. The van der Waals surface area contributed by atoms with Gasteiger partial charge in [0.05, 0.1) is 0 Å². The summed E-state index contributed by atoms with van der Waals surface area (Å²) >= 11 is 0. The Balaban J connectivity index is 3.33. The maximum absolute atomic E-state index is 3.80. The zero-order valence-electron chi connectivity index (χ0n) is 9.41. The number of unbranched alkanes of at least 4 members (excludes halogenated alkanes) is 4. The summed E-state index contributed by atoms with van der Waals surface area (Å²) in [6.45, 7) is 6.02. The Kier molecular flexibility index (Phi) is 11.5. The lowest BCUT2D eigenvalue weighted by molar-refractivity contribution is 0.815. The van der Waals surface area contributed by atoms with Gasteiger partial charge in [-0.3, -0.25) is 0 Å². The topological polar surface area (TPSA) is 0 Å². The standard InChI is InChI=1S/C14H23/c1-3-5-7-9-11-13-14-12-10-8-6-4-2/h9-14H,1,3-8H2,2H3/b11-9+,12-10+,14-13+. The van der Waals surface area contributed by atoms with Crippen LogP contribution in [-0.4, -0.2) is 0 Å². The normalized spacial score (nSPS) is 12.4. The molecule has 0 nitrogen and oxygen atoms in total. The van der Waals surface area contributed by atoms with Crippen molar-refractivity contribution in [3.05, 3.63) is 43.4 Å². The van der Waals surface area contributed by atoms with E-state index in [1.54, 1.807) is 0 Å². The van der Waals surface area contributed by atoms with Crippen molar-refractivity contribution >= 4 is 0 Å². The summed E-state index contributed by atoms with van der Waals surface area (Å²) in [5.74, 6) is 0. The second-order valence-electron chi connectivity index (χ2n) is 3.38. The molecule has 0 saturated heterocycles. The highest BCUT2D eigenvalue weighted by Crippen LogP contribution is 1.96. The van der Waals surface area contributed by atoms with Gasteiger partial charge in [-0.1, -0.05) is 69.6 Å². The number of hydrogen-bond donors (Lipinski definition) is 0. The fourth-order valence-corrected chi connectivity index (χ4v) is 1.06. The minimum Gasteiger partial charge on any atom is -0.0845 e. The molecule has 0 rings (SSSR count). The lowest BCUT2D eigenvalue weighted by atomic mass is 10.2. The van der Waals surface area contributed by atoms with Crippen molar-refractivity contribution in [2.24, 2.45) is 0 Å². The number of rotatable bonds is 8. The largest absolute Gasteiger partial charge is 0.0845 e. The molecule has 0 N–H and O–H groups in total. The van der Waals surface area contributed by atoms with E-state index in [1.807, 2.05) is 0 Å². The third-order valence-corrected chi connectivity index (χ3v) is 1.95. The molecule has 0 unspecified atom stereocenters. The van der Waals surface area contributed by atoms with Crippen LogP contribution in [-0.2, 0) is 0 Å². The fraction of sp³-hybridized carbons (Fsp3) is 0.500. The van der Waals surface area contributed by atoms with Crippen LogP contribution in [0.2, 0.25) is 0 Å². The Morgan fingerprint density at radius 2 is 1.43 bits per heavy atom. The monoisotopic (exact) mass is 191 g/mol. The van der Waals surface area contributed by atoms with Crippen LogP contribution in [0.15, 0.2) is 36.5 Å². The summed E-state index contributed by atoms with van der Waals surface area (Å²) < 4.78 is 0. The Labute approximate surface area is 89.4 Å². The van der Waals surface area contributed by atoms with Gasteiger partial charge in [0.25, 0.3) is 0 Å². The van der Waals surface area contributed by atoms with Crippen molar-refractivity contribution in [2.45, 2.75) is 45.4 Å². The molecule has 0 aromatic carbocycles. The summed E-state index contributed by atoms with van der Waals surface area (Å²) in [7, 11) is 0. The van der Waals surface area contributed by atoms with E-state index in [1.165, 1.54) is 25.7 Å².